The fourth-order valence-electron chi connectivity index (χ4n) is 2.09. The van der Waals surface area contributed by atoms with Gasteiger partial charge in [0.2, 0.25) is 0 Å². The van der Waals surface area contributed by atoms with E-state index in [1.807, 2.05) is 0 Å². The highest BCUT2D eigenvalue weighted by molar-refractivity contribution is 9.10. The molecule has 0 amide bonds. The van der Waals surface area contributed by atoms with Gasteiger partial charge in [-0.1, -0.05) is 28.1 Å². The molecule has 0 aliphatic heterocycles. The van der Waals surface area contributed by atoms with Gasteiger partial charge in [0, 0.05) is 19.9 Å². The first-order valence-electron chi connectivity index (χ1n) is 6.33. The van der Waals surface area contributed by atoms with Gasteiger partial charge < -0.3 is 5.32 Å². The summed E-state index contributed by atoms with van der Waals surface area (Å²) in [5, 5.41) is 7.91. The Morgan fingerprint density at radius 1 is 1.00 bits per heavy atom. The molecule has 0 atom stereocenters. The minimum absolute atomic E-state index is 0.232. The van der Waals surface area contributed by atoms with Crippen molar-refractivity contribution in [3.8, 4) is 0 Å². The molecule has 0 aliphatic carbocycles. The highest BCUT2D eigenvalue weighted by Gasteiger charge is 2.16. The van der Waals surface area contributed by atoms with E-state index in [-0.39, 0.29) is 6.04 Å². The number of hydrogen-bond acceptors (Lipinski definition) is 3. The summed E-state index contributed by atoms with van der Waals surface area (Å²) in [6.07, 6.45) is 0. The summed E-state index contributed by atoms with van der Waals surface area (Å²) in [7, 11) is 0. The van der Waals surface area contributed by atoms with Gasteiger partial charge in [0.1, 0.15) is 0 Å². The van der Waals surface area contributed by atoms with E-state index in [0.29, 0.717) is 0 Å². The Hall–Kier alpha value is -1.10. The Morgan fingerprint density at radius 2 is 1.65 bits per heavy atom. The Balaban J connectivity index is 1.92. The summed E-state index contributed by atoms with van der Waals surface area (Å²) in [6.45, 7) is 2.11. The quantitative estimate of drug-likeness (QED) is 0.591. The molecule has 0 saturated carbocycles. The van der Waals surface area contributed by atoms with Crippen LogP contribution in [0.25, 0.3) is 0 Å². The molecule has 4 heteroatoms. The van der Waals surface area contributed by atoms with Crippen LogP contribution in [0.3, 0.4) is 0 Å². The molecule has 1 aromatic carbocycles. The first-order valence-corrected chi connectivity index (χ1v) is 8.89. The molecule has 0 saturated heterocycles. The van der Waals surface area contributed by atoms with Gasteiger partial charge in [-0.25, -0.2) is 0 Å². The van der Waals surface area contributed by atoms with E-state index in [2.05, 4.69) is 81.4 Å². The van der Waals surface area contributed by atoms with Crippen LogP contribution >= 0.6 is 38.6 Å². The molecule has 0 unspecified atom stereocenters. The Morgan fingerprint density at radius 3 is 2.15 bits per heavy atom. The predicted octanol–water partition coefficient (Wildman–Crippen LogP) is 6.08. The molecule has 0 fully saturated rings. The molecule has 0 radical (unpaired) electrons. The van der Waals surface area contributed by atoms with Crippen molar-refractivity contribution in [2.24, 2.45) is 0 Å². The highest BCUT2D eigenvalue weighted by Crippen LogP contribution is 2.33. The van der Waals surface area contributed by atoms with Crippen LogP contribution in [0, 0.1) is 6.92 Å². The molecular formula is C16H14BrNS2. The summed E-state index contributed by atoms with van der Waals surface area (Å²) in [5.74, 6) is 0. The van der Waals surface area contributed by atoms with E-state index in [1.165, 1.54) is 15.3 Å². The Labute approximate surface area is 135 Å². The van der Waals surface area contributed by atoms with Gasteiger partial charge in [-0.3, -0.25) is 0 Å². The second-order valence-corrected chi connectivity index (χ2v) is 7.39. The molecule has 2 heterocycles. The molecule has 20 heavy (non-hydrogen) atoms. The van der Waals surface area contributed by atoms with Crippen LogP contribution in [0.4, 0.5) is 5.69 Å². The van der Waals surface area contributed by atoms with Crippen molar-refractivity contribution < 1.29 is 0 Å². The van der Waals surface area contributed by atoms with Crippen molar-refractivity contribution in [2.75, 3.05) is 5.32 Å². The predicted molar refractivity (Wildman–Crippen MR) is 93.0 cm³/mol. The lowest BCUT2D eigenvalue weighted by Crippen LogP contribution is -2.09. The van der Waals surface area contributed by atoms with Crippen molar-refractivity contribution in [1.29, 1.82) is 0 Å². The lowest BCUT2D eigenvalue weighted by Gasteiger charge is -2.18. The molecule has 102 valence electrons. The molecular weight excluding hydrogens is 350 g/mol. The molecule has 1 nitrogen and oxygen atoms in total. The zero-order chi connectivity index (χ0) is 13.9. The number of benzene rings is 1. The second-order valence-electron chi connectivity index (χ2n) is 4.57. The normalized spacial score (nSPS) is 10.9. The maximum atomic E-state index is 3.65. The van der Waals surface area contributed by atoms with Gasteiger partial charge in [-0.2, -0.15) is 0 Å². The number of anilines is 1. The van der Waals surface area contributed by atoms with E-state index in [1.54, 1.807) is 22.7 Å². The number of nitrogens with one attached hydrogen (secondary N) is 1. The van der Waals surface area contributed by atoms with E-state index in [4.69, 9.17) is 0 Å². The molecule has 2 aromatic heterocycles. The third-order valence-corrected chi connectivity index (χ3v) is 5.89. The van der Waals surface area contributed by atoms with Crippen molar-refractivity contribution >= 4 is 44.3 Å². The van der Waals surface area contributed by atoms with E-state index < -0.39 is 0 Å². The fourth-order valence-corrected chi connectivity index (χ4v) is 4.00. The third kappa shape index (κ3) is 2.97. The molecule has 0 bridgehead atoms. The van der Waals surface area contributed by atoms with E-state index in [9.17, 15) is 0 Å². The van der Waals surface area contributed by atoms with Crippen molar-refractivity contribution in [2.45, 2.75) is 13.0 Å². The fraction of sp³-hybridized carbons (Fsp3) is 0.125. The van der Waals surface area contributed by atoms with Crippen LogP contribution in [0.15, 0.2) is 57.7 Å². The molecule has 1 N–H and O–H groups in total. The zero-order valence-electron chi connectivity index (χ0n) is 11.0. The number of hydrogen-bond donors (Lipinski definition) is 1. The molecule has 0 spiro atoms. The number of halogens is 1. The smallest absolute Gasteiger partial charge is 0.0953 e. The maximum absolute atomic E-state index is 3.65. The first kappa shape index (κ1) is 13.9. The minimum atomic E-state index is 0.232. The van der Waals surface area contributed by atoms with Crippen LogP contribution in [0.5, 0.6) is 0 Å². The van der Waals surface area contributed by atoms with Crippen molar-refractivity contribution in [1.82, 2.24) is 0 Å². The SMILES string of the molecule is Cc1cc(NC(c2cccs2)c2cccs2)ccc1Br. The Kier molecular flexibility index (Phi) is 4.24. The van der Waals surface area contributed by atoms with Gasteiger partial charge in [-0.15, -0.1) is 22.7 Å². The largest absolute Gasteiger partial charge is 0.373 e. The molecule has 0 aliphatic rings. The maximum Gasteiger partial charge on any atom is 0.0953 e. The first-order chi connectivity index (χ1) is 9.74. The summed E-state index contributed by atoms with van der Waals surface area (Å²) < 4.78 is 1.15. The van der Waals surface area contributed by atoms with Gasteiger partial charge in [0.15, 0.2) is 0 Å². The van der Waals surface area contributed by atoms with E-state index in [0.717, 1.165) is 10.2 Å². The number of aryl methyl sites for hydroxylation is 1. The van der Waals surface area contributed by atoms with Crippen molar-refractivity contribution in [3.63, 3.8) is 0 Å². The third-order valence-electron chi connectivity index (χ3n) is 3.12. The number of thiophene rings is 2. The summed E-state index contributed by atoms with van der Waals surface area (Å²) >= 11 is 7.13. The van der Waals surface area contributed by atoms with Crippen LogP contribution in [-0.2, 0) is 0 Å². The monoisotopic (exact) mass is 363 g/mol. The highest BCUT2D eigenvalue weighted by atomic mass is 79.9. The van der Waals surface area contributed by atoms with Crippen molar-refractivity contribution in [3.05, 3.63) is 73.0 Å². The van der Waals surface area contributed by atoms with Gasteiger partial charge in [-0.05, 0) is 53.6 Å². The van der Waals surface area contributed by atoms with Gasteiger partial charge in [0.25, 0.3) is 0 Å². The average molecular weight is 364 g/mol. The minimum Gasteiger partial charge on any atom is -0.373 e. The topological polar surface area (TPSA) is 12.0 Å². The molecule has 3 aromatic rings. The summed E-state index contributed by atoms with van der Waals surface area (Å²) in [4.78, 5) is 2.68. The van der Waals surface area contributed by atoms with E-state index >= 15 is 0 Å². The van der Waals surface area contributed by atoms with Gasteiger partial charge in [0.05, 0.1) is 6.04 Å². The summed E-state index contributed by atoms with van der Waals surface area (Å²) in [5.41, 5.74) is 2.39. The van der Waals surface area contributed by atoms with Crippen LogP contribution in [0.1, 0.15) is 21.4 Å². The second kappa shape index (κ2) is 6.12. The van der Waals surface area contributed by atoms with Crippen LogP contribution in [0.2, 0.25) is 0 Å². The van der Waals surface area contributed by atoms with Crippen LogP contribution < -0.4 is 5.32 Å². The average Bonchev–Trinajstić information content (AvgIpc) is 3.12. The standard InChI is InChI=1S/C16H14BrNS2/c1-11-10-12(6-7-13(11)17)18-16(14-4-2-8-19-14)15-5-3-9-20-15/h2-10,16,18H,1H3. The Bertz CT molecular complexity index is 640. The number of rotatable bonds is 4. The lowest BCUT2D eigenvalue weighted by atomic mass is 10.1. The lowest BCUT2D eigenvalue weighted by molar-refractivity contribution is 0.992. The van der Waals surface area contributed by atoms with Gasteiger partial charge >= 0.3 is 0 Å². The summed E-state index contributed by atoms with van der Waals surface area (Å²) in [6, 6.07) is 15.2. The molecule has 3 rings (SSSR count). The van der Waals surface area contributed by atoms with Crippen LogP contribution in [-0.4, -0.2) is 0 Å². The zero-order valence-corrected chi connectivity index (χ0v) is 14.2.